The second kappa shape index (κ2) is 4.66. The van der Waals surface area contributed by atoms with E-state index in [0.29, 0.717) is 5.92 Å². The van der Waals surface area contributed by atoms with Crippen molar-refractivity contribution in [3.8, 4) is 0 Å². The topological polar surface area (TPSA) is 27.0 Å². The van der Waals surface area contributed by atoms with E-state index in [0.717, 1.165) is 12.8 Å². The third-order valence-corrected chi connectivity index (χ3v) is 4.51. The number of hydrogen-bond donors (Lipinski definition) is 0. The fourth-order valence-electron chi connectivity index (χ4n) is 3.28. The highest BCUT2D eigenvalue weighted by Crippen LogP contribution is 2.41. The van der Waals surface area contributed by atoms with Crippen LogP contribution in [0.5, 0.6) is 0 Å². The van der Waals surface area contributed by atoms with Crippen LogP contribution in [-0.4, -0.2) is 29.1 Å². The first-order chi connectivity index (χ1) is 7.20. The average molecular weight is 225 g/mol. The van der Waals surface area contributed by atoms with Gasteiger partial charge in [-0.05, 0) is 59.9 Å². The molecule has 0 aromatic heterocycles. The third-order valence-electron chi connectivity index (χ3n) is 4.51. The first kappa shape index (κ1) is 14.0. The number of nitrogens with one attached hydrogen (secondary N) is 1. The maximum Gasteiger partial charge on any atom is 0.0242 e. The maximum atomic E-state index is 8.27. The molecule has 1 saturated heterocycles. The lowest BCUT2D eigenvalue weighted by Crippen LogP contribution is -2.60. The molecular weight excluding hydrogens is 196 g/mol. The molecular formula is C14H29N2. The van der Waals surface area contributed by atoms with E-state index >= 15 is 0 Å². The summed E-state index contributed by atoms with van der Waals surface area (Å²) in [7, 11) is 2.23. The SMILES string of the molecule is CCCC([NH])C1CC(C)(C)N(C)C(C)(C)C1. The zero-order valence-corrected chi connectivity index (χ0v) is 11.9. The molecule has 0 aromatic carbocycles. The van der Waals surface area contributed by atoms with Crippen LogP contribution < -0.4 is 5.73 Å². The summed E-state index contributed by atoms with van der Waals surface area (Å²) < 4.78 is 0. The van der Waals surface area contributed by atoms with Crippen molar-refractivity contribution in [1.29, 1.82) is 0 Å². The molecule has 1 rings (SSSR count). The Hall–Kier alpha value is -0.0800. The van der Waals surface area contributed by atoms with Crippen molar-refractivity contribution in [3.63, 3.8) is 0 Å². The third kappa shape index (κ3) is 2.78. The lowest BCUT2D eigenvalue weighted by atomic mass is 9.71. The van der Waals surface area contributed by atoms with E-state index in [1.165, 1.54) is 12.8 Å². The van der Waals surface area contributed by atoms with Crippen LogP contribution in [-0.2, 0) is 0 Å². The molecule has 1 atom stereocenters. The molecule has 0 aliphatic carbocycles. The van der Waals surface area contributed by atoms with Gasteiger partial charge in [0.25, 0.3) is 0 Å². The van der Waals surface area contributed by atoms with E-state index in [2.05, 4.69) is 46.6 Å². The zero-order chi connectivity index (χ0) is 12.6. The molecule has 1 N–H and O–H groups in total. The monoisotopic (exact) mass is 225 g/mol. The molecule has 0 aromatic rings. The second-order valence-electron chi connectivity index (χ2n) is 6.75. The summed E-state index contributed by atoms with van der Waals surface area (Å²) in [5, 5.41) is 0. The molecule has 1 aliphatic heterocycles. The Balaban J connectivity index is 2.78. The van der Waals surface area contributed by atoms with Gasteiger partial charge in [0, 0.05) is 17.1 Å². The van der Waals surface area contributed by atoms with E-state index in [-0.39, 0.29) is 17.1 Å². The van der Waals surface area contributed by atoms with Crippen LogP contribution in [0.25, 0.3) is 0 Å². The van der Waals surface area contributed by atoms with Crippen molar-refractivity contribution >= 4 is 0 Å². The van der Waals surface area contributed by atoms with E-state index in [9.17, 15) is 0 Å². The van der Waals surface area contributed by atoms with Crippen molar-refractivity contribution in [2.24, 2.45) is 5.92 Å². The summed E-state index contributed by atoms with van der Waals surface area (Å²) in [5.74, 6) is 0.571. The highest BCUT2D eigenvalue weighted by atomic mass is 15.2. The molecule has 0 saturated carbocycles. The van der Waals surface area contributed by atoms with Crippen LogP contribution in [0.2, 0.25) is 0 Å². The quantitative estimate of drug-likeness (QED) is 0.723. The van der Waals surface area contributed by atoms with E-state index < -0.39 is 0 Å². The fraction of sp³-hybridized carbons (Fsp3) is 1.00. The number of piperidine rings is 1. The molecule has 1 aliphatic rings. The smallest absolute Gasteiger partial charge is 0.0242 e. The zero-order valence-electron chi connectivity index (χ0n) is 11.9. The first-order valence-electron chi connectivity index (χ1n) is 6.66. The molecule has 1 fully saturated rings. The molecule has 1 heterocycles. The second-order valence-corrected chi connectivity index (χ2v) is 6.75. The maximum absolute atomic E-state index is 8.27. The Bertz CT molecular complexity index is 215. The van der Waals surface area contributed by atoms with Gasteiger partial charge in [-0.15, -0.1) is 0 Å². The summed E-state index contributed by atoms with van der Waals surface area (Å²) in [6, 6.07) is 0.136. The lowest BCUT2D eigenvalue weighted by molar-refractivity contribution is -0.0367. The van der Waals surface area contributed by atoms with Crippen LogP contribution in [0.3, 0.4) is 0 Å². The Morgan fingerprint density at radius 3 is 2.00 bits per heavy atom. The summed E-state index contributed by atoms with van der Waals surface area (Å²) in [5.41, 5.74) is 8.74. The largest absolute Gasteiger partial charge is 0.296 e. The van der Waals surface area contributed by atoms with Crippen molar-refractivity contribution in [1.82, 2.24) is 10.6 Å². The molecule has 0 bridgehead atoms. The number of nitrogens with zero attached hydrogens (tertiary/aromatic N) is 1. The van der Waals surface area contributed by atoms with Crippen LogP contribution in [0, 0.1) is 5.92 Å². The van der Waals surface area contributed by atoms with Crippen molar-refractivity contribution in [2.75, 3.05) is 7.05 Å². The van der Waals surface area contributed by atoms with Crippen LogP contribution in [0.4, 0.5) is 0 Å². The van der Waals surface area contributed by atoms with Crippen LogP contribution >= 0.6 is 0 Å². The minimum atomic E-state index is 0.136. The van der Waals surface area contributed by atoms with Crippen LogP contribution in [0.1, 0.15) is 60.3 Å². The van der Waals surface area contributed by atoms with Crippen molar-refractivity contribution in [2.45, 2.75) is 77.4 Å². The minimum absolute atomic E-state index is 0.136. The molecule has 16 heavy (non-hydrogen) atoms. The van der Waals surface area contributed by atoms with Gasteiger partial charge in [-0.3, -0.25) is 10.6 Å². The standard InChI is InChI=1S/C14H29N2/c1-7-8-12(15)11-9-13(2,3)16(6)14(4,5)10-11/h11-12,15H,7-10H2,1-6H3. The molecule has 2 nitrogen and oxygen atoms in total. The predicted molar refractivity (Wildman–Crippen MR) is 70.4 cm³/mol. The number of hydrogen-bond acceptors (Lipinski definition) is 1. The van der Waals surface area contributed by atoms with E-state index in [1.807, 2.05) is 0 Å². The van der Waals surface area contributed by atoms with Crippen molar-refractivity contribution in [3.05, 3.63) is 0 Å². The predicted octanol–water partition coefficient (Wildman–Crippen LogP) is 3.34. The van der Waals surface area contributed by atoms with Gasteiger partial charge < -0.3 is 0 Å². The summed E-state index contributed by atoms with van der Waals surface area (Å²) in [6.45, 7) is 11.5. The Kier molecular flexibility index (Phi) is 4.07. The molecule has 1 radical (unpaired) electrons. The first-order valence-corrected chi connectivity index (χ1v) is 6.66. The van der Waals surface area contributed by atoms with Gasteiger partial charge in [0.15, 0.2) is 0 Å². The Morgan fingerprint density at radius 1 is 1.19 bits per heavy atom. The lowest BCUT2D eigenvalue weighted by Gasteiger charge is -2.54. The highest BCUT2D eigenvalue weighted by Gasteiger charge is 2.44. The summed E-state index contributed by atoms with van der Waals surface area (Å²) in [4.78, 5) is 2.50. The summed E-state index contributed by atoms with van der Waals surface area (Å²) in [6.07, 6.45) is 4.53. The molecule has 1 unspecified atom stereocenters. The normalized spacial score (nSPS) is 27.9. The van der Waals surface area contributed by atoms with Crippen LogP contribution in [0.15, 0.2) is 0 Å². The van der Waals surface area contributed by atoms with E-state index in [1.54, 1.807) is 0 Å². The molecule has 95 valence electrons. The fourth-order valence-corrected chi connectivity index (χ4v) is 3.28. The highest BCUT2D eigenvalue weighted by molar-refractivity contribution is 5.00. The van der Waals surface area contributed by atoms with Gasteiger partial charge in [0.05, 0.1) is 0 Å². The molecule has 0 spiro atoms. The Labute approximate surface area is 102 Å². The van der Waals surface area contributed by atoms with Gasteiger partial charge >= 0.3 is 0 Å². The van der Waals surface area contributed by atoms with Gasteiger partial charge in [-0.2, -0.15) is 0 Å². The van der Waals surface area contributed by atoms with Gasteiger partial charge in [0.2, 0.25) is 0 Å². The average Bonchev–Trinajstić information content (AvgIpc) is 2.13. The van der Waals surface area contributed by atoms with Crippen molar-refractivity contribution < 1.29 is 0 Å². The minimum Gasteiger partial charge on any atom is -0.296 e. The van der Waals surface area contributed by atoms with Gasteiger partial charge in [-0.25, -0.2) is 0 Å². The number of likely N-dealkylation sites (tertiary alicyclic amines) is 1. The Morgan fingerprint density at radius 2 is 1.62 bits per heavy atom. The molecule has 0 amide bonds. The molecule has 2 heteroatoms. The number of rotatable bonds is 3. The van der Waals surface area contributed by atoms with Gasteiger partial charge in [-0.1, -0.05) is 13.3 Å². The van der Waals surface area contributed by atoms with Gasteiger partial charge in [0.1, 0.15) is 0 Å². The summed E-state index contributed by atoms with van der Waals surface area (Å²) >= 11 is 0. The van der Waals surface area contributed by atoms with E-state index in [4.69, 9.17) is 5.73 Å².